The van der Waals surface area contributed by atoms with E-state index in [4.69, 9.17) is 5.73 Å². The highest BCUT2D eigenvalue weighted by Crippen LogP contribution is 2.21. The fraction of sp³-hybridized carbons (Fsp3) is 0.333. The highest BCUT2D eigenvalue weighted by molar-refractivity contribution is 9.10. The molecule has 0 heterocycles. The molecule has 0 saturated heterocycles. The van der Waals surface area contributed by atoms with Crippen molar-refractivity contribution in [3.63, 3.8) is 0 Å². The molecule has 1 nitrogen and oxygen atoms in total. The van der Waals surface area contributed by atoms with Crippen LogP contribution in [0.1, 0.15) is 19.4 Å². The van der Waals surface area contributed by atoms with E-state index in [0.29, 0.717) is 10.2 Å². The third-order valence-corrected chi connectivity index (χ3v) is 1.92. The molecule has 68 valence electrons. The lowest BCUT2D eigenvalue weighted by Crippen LogP contribution is -1.90. The summed E-state index contributed by atoms with van der Waals surface area (Å²) in [6.07, 6.45) is 0. The van der Waals surface area contributed by atoms with Crippen LogP contribution in [0.2, 0.25) is 0 Å². The van der Waals surface area contributed by atoms with Crippen molar-refractivity contribution in [2.45, 2.75) is 20.8 Å². The van der Waals surface area contributed by atoms with E-state index in [-0.39, 0.29) is 5.82 Å². The van der Waals surface area contributed by atoms with Crippen LogP contribution in [-0.4, -0.2) is 0 Å². The first kappa shape index (κ1) is 11.4. The van der Waals surface area contributed by atoms with Gasteiger partial charge in [0.15, 0.2) is 0 Å². The van der Waals surface area contributed by atoms with Crippen LogP contribution in [0.15, 0.2) is 16.6 Å². The van der Waals surface area contributed by atoms with Crippen molar-refractivity contribution in [3.05, 3.63) is 28.0 Å². The Bertz CT molecular complexity index is 211. The van der Waals surface area contributed by atoms with E-state index in [2.05, 4.69) is 15.9 Å². The first-order valence-corrected chi connectivity index (χ1v) is 4.61. The smallest absolute Gasteiger partial charge is 0.137 e. The minimum Gasteiger partial charge on any atom is -0.398 e. The third-order valence-electron chi connectivity index (χ3n) is 1.31. The fourth-order valence-corrected chi connectivity index (χ4v) is 1.02. The van der Waals surface area contributed by atoms with Gasteiger partial charge in [0.2, 0.25) is 0 Å². The van der Waals surface area contributed by atoms with Crippen molar-refractivity contribution >= 4 is 21.6 Å². The van der Waals surface area contributed by atoms with E-state index < -0.39 is 0 Å². The Morgan fingerprint density at radius 3 is 2.25 bits per heavy atom. The molecular weight excluding hydrogens is 221 g/mol. The van der Waals surface area contributed by atoms with Gasteiger partial charge in [-0.25, -0.2) is 4.39 Å². The van der Waals surface area contributed by atoms with Gasteiger partial charge in [-0.1, -0.05) is 13.8 Å². The van der Waals surface area contributed by atoms with Gasteiger partial charge in [-0.2, -0.15) is 0 Å². The number of anilines is 1. The van der Waals surface area contributed by atoms with E-state index in [1.165, 1.54) is 6.07 Å². The minimum atomic E-state index is -0.272. The Kier molecular flexibility index (Phi) is 4.90. The first-order valence-electron chi connectivity index (χ1n) is 3.82. The Morgan fingerprint density at radius 2 is 1.83 bits per heavy atom. The highest BCUT2D eigenvalue weighted by Gasteiger charge is 2.00. The first-order chi connectivity index (χ1) is 5.61. The third kappa shape index (κ3) is 2.81. The molecule has 3 heteroatoms. The van der Waals surface area contributed by atoms with Crippen molar-refractivity contribution in [3.8, 4) is 0 Å². The largest absolute Gasteiger partial charge is 0.398 e. The molecule has 2 N–H and O–H groups in total. The second-order valence-corrected chi connectivity index (χ2v) is 2.98. The predicted molar refractivity (Wildman–Crippen MR) is 54.6 cm³/mol. The normalized spacial score (nSPS) is 8.75. The lowest BCUT2D eigenvalue weighted by molar-refractivity contribution is 0.620. The zero-order valence-corrected chi connectivity index (χ0v) is 9.07. The molecule has 0 amide bonds. The number of rotatable bonds is 0. The summed E-state index contributed by atoms with van der Waals surface area (Å²) in [5, 5.41) is 0. The Morgan fingerprint density at radius 1 is 1.33 bits per heavy atom. The molecule has 1 aromatic rings. The fourth-order valence-electron chi connectivity index (χ4n) is 0.662. The molecule has 0 aliphatic rings. The SMILES string of the molecule is CC.Cc1cc(F)c(Br)cc1N. The number of nitrogen functional groups attached to an aromatic ring is 1. The van der Waals surface area contributed by atoms with Crippen LogP contribution in [0.4, 0.5) is 10.1 Å². The van der Waals surface area contributed by atoms with Gasteiger partial charge in [-0.05, 0) is 40.5 Å². The van der Waals surface area contributed by atoms with E-state index >= 15 is 0 Å². The average molecular weight is 234 g/mol. The zero-order valence-electron chi connectivity index (χ0n) is 7.49. The number of hydrogen-bond acceptors (Lipinski definition) is 1. The Balaban J connectivity index is 0.000000561. The topological polar surface area (TPSA) is 26.0 Å². The summed E-state index contributed by atoms with van der Waals surface area (Å²) in [5.41, 5.74) is 6.86. The minimum absolute atomic E-state index is 0.272. The molecule has 0 aliphatic carbocycles. The maximum Gasteiger partial charge on any atom is 0.137 e. The molecule has 12 heavy (non-hydrogen) atoms. The van der Waals surface area contributed by atoms with Gasteiger partial charge in [0.1, 0.15) is 5.82 Å². The highest BCUT2D eigenvalue weighted by atomic mass is 79.9. The molecule has 0 radical (unpaired) electrons. The molecule has 0 spiro atoms. The summed E-state index contributed by atoms with van der Waals surface area (Å²) in [6, 6.07) is 2.96. The molecule has 0 unspecified atom stereocenters. The van der Waals surface area contributed by atoms with Crippen LogP contribution < -0.4 is 5.73 Å². The number of halogens is 2. The molecule has 1 aromatic carbocycles. The van der Waals surface area contributed by atoms with E-state index in [1.807, 2.05) is 13.8 Å². The number of benzene rings is 1. The molecule has 0 saturated carbocycles. The van der Waals surface area contributed by atoms with Gasteiger partial charge in [0, 0.05) is 5.69 Å². The van der Waals surface area contributed by atoms with Crippen LogP contribution in [-0.2, 0) is 0 Å². The average Bonchev–Trinajstić information content (AvgIpc) is 2.05. The second kappa shape index (κ2) is 5.14. The van der Waals surface area contributed by atoms with Crippen LogP contribution in [0.25, 0.3) is 0 Å². The van der Waals surface area contributed by atoms with Crippen molar-refractivity contribution in [2.75, 3.05) is 5.73 Å². The molecular formula is C9H13BrFN. The molecule has 0 fully saturated rings. The molecule has 0 aliphatic heterocycles. The Labute approximate surface area is 80.9 Å². The molecule has 1 rings (SSSR count). The second-order valence-electron chi connectivity index (χ2n) is 2.12. The standard InChI is InChI=1S/C7H7BrFN.C2H6/c1-4-2-6(9)5(8)3-7(4)10;1-2/h2-3H,10H2,1H3;1-2H3. The van der Waals surface area contributed by atoms with E-state index in [1.54, 1.807) is 13.0 Å². The van der Waals surface area contributed by atoms with Crippen molar-refractivity contribution in [2.24, 2.45) is 0 Å². The summed E-state index contributed by atoms with van der Waals surface area (Å²) in [5.74, 6) is -0.272. The lowest BCUT2D eigenvalue weighted by Gasteiger charge is -2.00. The molecule has 0 bridgehead atoms. The number of aryl methyl sites for hydroxylation is 1. The van der Waals surface area contributed by atoms with E-state index in [9.17, 15) is 4.39 Å². The van der Waals surface area contributed by atoms with Gasteiger partial charge in [-0.3, -0.25) is 0 Å². The predicted octanol–water partition coefficient (Wildman–Crippen LogP) is 3.51. The zero-order chi connectivity index (χ0) is 9.72. The van der Waals surface area contributed by atoms with Crippen LogP contribution in [0.5, 0.6) is 0 Å². The van der Waals surface area contributed by atoms with Crippen LogP contribution in [0.3, 0.4) is 0 Å². The quantitative estimate of drug-likeness (QED) is 0.683. The molecule has 0 atom stereocenters. The Hall–Kier alpha value is -0.570. The number of nitrogens with two attached hydrogens (primary N) is 1. The lowest BCUT2D eigenvalue weighted by atomic mass is 10.2. The van der Waals surface area contributed by atoms with Crippen molar-refractivity contribution in [1.82, 2.24) is 0 Å². The van der Waals surface area contributed by atoms with Gasteiger partial charge in [0.05, 0.1) is 4.47 Å². The van der Waals surface area contributed by atoms with Gasteiger partial charge in [0.25, 0.3) is 0 Å². The van der Waals surface area contributed by atoms with Gasteiger partial charge in [-0.15, -0.1) is 0 Å². The summed E-state index contributed by atoms with van der Waals surface area (Å²) < 4.78 is 13.1. The van der Waals surface area contributed by atoms with Crippen molar-refractivity contribution in [1.29, 1.82) is 0 Å². The number of hydrogen-bond donors (Lipinski definition) is 1. The monoisotopic (exact) mass is 233 g/mol. The summed E-state index contributed by atoms with van der Waals surface area (Å²) in [4.78, 5) is 0. The van der Waals surface area contributed by atoms with Crippen LogP contribution in [0, 0.1) is 12.7 Å². The maximum absolute atomic E-state index is 12.7. The van der Waals surface area contributed by atoms with E-state index in [0.717, 1.165) is 5.56 Å². The summed E-state index contributed by atoms with van der Waals surface area (Å²) >= 11 is 3.03. The summed E-state index contributed by atoms with van der Waals surface area (Å²) in [6.45, 7) is 5.77. The van der Waals surface area contributed by atoms with Crippen LogP contribution >= 0.6 is 15.9 Å². The van der Waals surface area contributed by atoms with Crippen molar-refractivity contribution < 1.29 is 4.39 Å². The summed E-state index contributed by atoms with van der Waals surface area (Å²) in [7, 11) is 0. The van der Waals surface area contributed by atoms with Gasteiger partial charge >= 0.3 is 0 Å². The molecule has 0 aromatic heterocycles. The van der Waals surface area contributed by atoms with Gasteiger partial charge < -0.3 is 5.73 Å². The maximum atomic E-state index is 12.7.